The summed E-state index contributed by atoms with van der Waals surface area (Å²) in [6.07, 6.45) is 0.653. The Labute approximate surface area is 175 Å². The Bertz CT molecular complexity index is 1150. The number of para-hydroxylation sites is 2. The van der Waals surface area contributed by atoms with Crippen molar-refractivity contribution in [2.24, 2.45) is 0 Å². The minimum Gasteiger partial charge on any atom is -0.352 e. The molecule has 4 aromatic rings. The van der Waals surface area contributed by atoms with E-state index in [9.17, 15) is 4.79 Å². The number of rotatable bonds is 6. The second kappa shape index (κ2) is 8.50. The quantitative estimate of drug-likeness (QED) is 0.491. The standard InChI is InChI=1S/C24H22ClN3O/c1-17-6-2-3-7-20(17)24(29)26-15-14-23-27-21-8-4-5-9-22(21)28(23)16-18-10-12-19(25)13-11-18/h2-13H,14-16H2,1H3,(H,26,29). The minimum atomic E-state index is -0.0523. The molecule has 146 valence electrons. The Morgan fingerprint density at radius 3 is 2.52 bits per heavy atom. The number of fused-ring (bicyclic) bond motifs is 1. The van der Waals surface area contributed by atoms with Crippen LogP contribution in [0.2, 0.25) is 5.02 Å². The fourth-order valence-corrected chi connectivity index (χ4v) is 3.60. The third-order valence-electron chi connectivity index (χ3n) is 5.01. The summed E-state index contributed by atoms with van der Waals surface area (Å²) in [5, 5.41) is 3.75. The van der Waals surface area contributed by atoms with E-state index >= 15 is 0 Å². The molecule has 0 saturated carbocycles. The largest absolute Gasteiger partial charge is 0.352 e. The van der Waals surface area contributed by atoms with E-state index in [1.165, 1.54) is 0 Å². The zero-order valence-electron chi connectivity index (χ0n) is 16.2. The van der Waals surface area contributed by atoms with Gasteiger partial charge in [-0.05, 0) is 48.4 Å². The maximum atomic E-state index is 12.5. The van der Waals surface area contributed by atoms with Crippen LogP contribution in [-0.4, -0.2) is 22.0 Å². The Kier molecular flexibility index (Phi) is 5.63. The van der Waals surface area contributed by atoms with E-state index < -0.39 is 0 Å². The minimum absolute atomic E-state index is 0.0523. The maximum Gasteiger partial charge on any atom is 0.251 e. The summed E-state index contributed by atoms with van der Waals surface area (Å²) >= 11 is 6.02. The number of amides is 1. The number of hydrogen-bond donors (Lipinski definition) is 1. The lowest BCUT2D eigenvalue weighted by Crippen LogP contribution is -2.27. The third-order valence-corrected chi connectivity index (χ3v) is 5.26. The third kappa shape index (κ3) is 4.33. The molecule has 1 heterocycles. The van der Waals surface area contributed by atoms with Gasteiger partial charge >= 0.3 is 0 Å². The van der Waals surface area contributed by atoms with Gasteiger partial charge in [0.15, 0.2) is 0 Å². The topological polar surface area (TPSA) is 46.9 Å². The van der Waals surface area contributed by atoms with Crippen LogP contribution >= 0.6 is 11.6 Å². The van der Waals surface area contributed by atoms with Gasteiger partial charge in [0.05, 0.1) is 11.0 Å². The van der Waals surface area contributed by atoms with Gasteiger partial charge in [0.25, 0.3) is 5.91 Å². The summed E-state index contributed by atoms with van der Waals surface area (Å²) in [4.78, 5) is 17.3. The number of nitrogens with zero attached hydrogens (tertiary/aromatic N) is 2. The number of aryl methyl sites for hydroxylation is 1. The highest BCUT2D eigenvalue weighted by atomic mass is 35.5. The fourth-order valence-electron chi connectivity index (χ4n) is 3.48. The molecule has 3 aromatic carbocycles. The molecular weight excluding hydrogens is 382 g/mol. The molecule has 5 heteroatoms. The Morgan fingerprint density at radius 2 is 1.72 bits per heavy atom. The Balaban J connectivity index is 1.53. The molecule has 0 atom stereocenters. The molecule has 1 aromatic heterocycles. The van der Waals surface area contributed by atoms with Crippen molar-refractivity contribution in [1.29, 1.82) is 0 Å². The first-order chi connectivity index (χ1) is 14.1. The van der Waals surface area contributed by atoms with Gasteiger partial charge in [-0.15, -0.1) is 0 Å². The molecule has 0 saturated heterocycles. The average molecular weight is 404 g/mol. The number of nitrogens with one attached hydrogen (secondary N) is 1. The predicted octanol–water partition coefficient (Wildman–Crippen LogP) is 5.02. The highest BCUT2D eigenvalue weighted by Crippen LogP contribution is 2.19. The van der Waals surface area contributed by atoms with Gasteiger partial charge in [0.1, 0.15) is 5.82 Å². The highest BCUT2D eigenvalue weighted by molar-refractivity contribution is 6.30. The van der Waals surface area contributed by atoms with Gasteiger partial charge < -0.3 is 9.88 Å². The Morgan fingerprint density at radius 1 is 1.00 bits per heavy atom. The fraction of sp³-hybridized carbons (Fsp3) is 0.167. The van der Waals surface area contributed by atoms with Crippen LogP contribution in [0.3, 0.4) is 0 Å². The van der Waals surface area contributed by atoms with E-state index in [4.69, 9.17) is 16.6 Å². The second-order valence-electron chi connectivity index (χ2n) is 7.05. The zero-order chi connectivity index (χ0) is 20.2. The van der Waals surface area contributed by atoms with Gasteiger partial charge in [-0.1, -0.05) is 54.1 Å². The first-order valence-electron chi connectivity index (χ1n) is 9.64. The summed E-state index contributed by atoms with van der Waals surface area (Å²) in [7, 11) is 0. The van der Waals surface area contributed by atoms with Crippen molar-refractivity contribution >= 4 is 28.5 Å². The molecule has 0 bridgehead atoms. The van der Waals surface area contributed by atoms with Gasteiger partial charge in [0.2, 0.25) is 0 Å². The molecule has 0 aliphatic heterocycles. The first kappa shape index (κ1) is 19.2. The number of carbonyl (C=O) groups excluding carboxylic acids is 1. The van der Waals surface area contributed by atoms with Crippen molar-refractivity contribution in [3.63, 3.8) is 0 Å². The molecule has 1 N–H and O–H groups in total. The molecule has 0 aliphatic rings. The molecule has 1 amide bonds. The van der Waals surface area contributed by atoms with Gasteiger partial charge in [-0.2, -0.15) is 0 Å². The SMILES string of the molecule is Cc1ccccc1C(=O)NCCc1nc2ccccc2n1Cc1ccc(Cl)cc1. The lowest BCUT2D eigenvalue weighted by molar-refractivity contribution is 0.0953. The second-order valence-corrected chi connectivity index (χ2v) is 7.49. The lowest BCUT2D eigenvalue weighted by Gasteiger charge is -2.11. The normalized spacial score (nSPS) is 11.0. The van der Waals surface area contributed by atoms with E-state index in [1.54, 1.807) is 0 Å². The van der Waals surface area contributed by atoms with E-state index in [1.807, 2.05) is 73.7 Å². The Hall–Kier alpha value is -3.11. The number of imidazole rings is 1. The van der Waals surface area contributed by atoms with Crippen LogP contribution in [0.5, 0.6) is 0 Å². The van der Waals surface area contributed by atoms with Crippen LogP contribution < -0.4 is 5.32 Å². The summed E-state index contributed by atoms with van der Waals surface area (Å²) in [6, 6.07) is 23.6. The molecule has 0 fully saturated rings. The van der Waals surface area contributed by atoms with Gasteiger partial charge in [-0.3, -0.25) is 4.79 Å². The van der Waals surface area contributed by atoms with Crippen LogP contribution in [0.25, 0.3) is 11.0 Å². The number of halogens is 1. The number of carbonyl (C=O) groups is 1. The number of aromatic nitrogens is 2. The zero-order valence-corrected chi connectivity index (χ0v) is 17.0. The highest BCUT2D eigenvalue weighted by Gasteiger charge is 2.12. The van der Waals surface area contributed by atoms with E-state index in [0.717, 1.165) is 33.0 Å². The number of benzene rings is 3. The monoisotopic (exact) mass is 403 g/mol. The van der Waals surface area contributed by atoms with Crippen molar-refractivity contribution in [2.45, 2.75) is 19.9 Å². The molecule has 29 heavy (non-hydrogen) atoms. The number of hydrogen-bond acceptors (Lipinski definition) is 2. The van der Waals surface area contributed by atoms with Crippen LogP contribution in [-0.2, 0) is 13.0 Å². The summed E-state index contributed by atoms with van der Waals surface area (Å²) in [5.74, 6) is 0.898. The van der Waals surface area contributed by atoms with Crippen molar-refractivity contribution < 1.29 is 4.79 Å². The van der Waals surface area contributed by atoms with Crippen LogP contribution in [0.1, 0.15) is 27.3 Å². The van der Waals surface area contributed by atoms with E-state index in [0.29, 0.717) is 25.1 Å². The average Bonchev–Trinajstić information content (AvgIpc) is 3.07. The van der Waals surface area contributed by atoms with Crippen molar-refractivity contribution in [2.75, 3.05) is 6.54 Å². The molecule has 0 spiro atoms. The predicted molar refractivity (Wildman–Crippen MR) is 118 cm³/mol. The van der Waals surface area contributed by atoms with E-state index in [-0.39, 0.29) is 5.91 Å². The smallest absolute Gasteiger partial charge is 0.251 e. The summed E-state index contributed by atoms with van der Waals surface area (Å²) < 4.78 is 2.21. The maximum absolute atomic E-state index is 12.5. The van der Waals surface area contributed by atoms with Crippen molar-refractivity contribution in [1.82, 2.24) is 14.9 Å². The first-order valence-corrected chi connectivity index (χ1v) is 10.0. The lowest BCUT2D eigenvalue weighted by atomic mass is 10.1. The molecular formula is C24H22ClN3O. The van der Waals surface area contributed by atoms with Crippen LogP contribution in [0.4, 0.5) is 0 Å². The summed E-state index contributed by atoms with van der Waals surface area (Å²) in [5.41, 5.74) is 4.88. The van der Waals surface area contributed by atoms with Crippen molar-refractivity contribution in [3.8, 4) is 0 Å². The van der Waals surface area contributed by atoms with Crippen LogP contribution in [0.15, 0.2) is 72.8 Å². The molecule has 0 aliphatic carbocycles. The van der Waals surface area contributed by atoms with Gasteiger partial charge in [-0.25, -0.2) is 4.98 Å². The van der Waals surface area contributed by atoms with Gasteiger partial charge in [0, 0.05) is 30.1 Å². The summed E-state index contributed by atoms with van der Waals surface area (Å²) in [6.45, 7) is 3.18. The molecule has 4 rings (SSSR count). The van der Waals surface area contributed by atoms with Crippen LogP contribution in [0, 0.1) is 6.92 Å². The molecule has 0 radical (unpaired) electrons. The van der Waals surface area contributed by atoms with Crippen molar-refractivity contribution in [3.05, 3.63) is 100 Å². The molecule has 4 nitrogen and oxygen atoms in total. The molecule has 0 unspecified atom stereocenters. The van der Waals surface area contributed by atoms with E-state index in [2.05, 4.69) is 16.0 Å².